The Kier molecular flexibility index (Phi) is 4.99. The van der Waals surface area contributed by atoms with Gasteiger partial charge in [0.25, 0.3) is 5.91 Å². The average Bonchev–Trinajstić information content (AvgIpc) is 3.21. The highest BCUT2D eigenvalue weighted by atomic mass is 32.1. The van der Waals surface area contributed by atoms with Gasteiger partial charge in [0, 0.05) is 37.0 Å². The smallest absolute Gasteiger partial charge is 0.289 e. The van der Waals surface area contributed by atoms with Crippen LogP contribution in [0, 0.1) is 6.92 Å². The van der Waals surface area contributed by atoms with Gasteiger partial charge in [0.15, 0.2) is 5.76 Å². The fourth-order valence-electron chi connectivity index (χ4n) is 2.88. The summed E-state index contributed by atoms with van der Waals surface area (Å²) in [7, 11) is 0. The maximum atomic E-state index is 12.7. The highest BCUT2D eigenvalue weighted by Crippen LogP contribution is 2.30. The summed E-state index contributed by atoms with van der Waals surface area (Å²) in [4.78, 5) is 30.0. The van der Waals surface area contributed by atoms with Crippen LogP contribution in [-0.2, 0) is 11.3 Å². The van der Waals surface area contributed by atoms with E-state index in [0.29, 0.717) is 30.5 Å². The molecule has 1 aliphatic rings. The number of hydrogen-bond donors (Lipinski definition) is 1. The van der Waals surface area contributed by atoms with Gasteiger partial charge >= 0.3 is 0 Å². The van der Waals surface area contributed by atoms with Crippen LogP contribution in [-0.4, -0.2) is 34.8 Å². The van der Waals surface area contributed by atoms with Gasteiger partial charge < -0.3 is 14.6 Å². The van der Waals surface area contributed by atoms with Gasteiger partial charge in [-0.1, -0.05) is 0 Å². The minimum atomic E-state index is -0.128. The number of hydrogen-bond acceptors (Lipinski definition) is 5. The third-order valence-corrected chi connectivity index (χ3v) is 5.20. The number of carbonyl (C=O) groups excluding carboxylic acids is 2. The number of rotatable bonds is 4. The molecule has 0 bridgehead atoms. The van der Waals surface area contributed by atoms with Crippen molar-refractivity contribution in [3.05, 3.63) is 39.7 Å². The molecular formula is C17H21N3O3S. The van der Waals surface area contributed by atoms with E-state index in [1.807, 2.05) is 11.8 Å². The van der Waals surface area contributed by atoms with Gasteiger partial charge in [-0.25, -0.2) is 4.98 Å². The van der Waals surface area contributed by atoms with E-state index in [4.69, 9.17) is 4.42 Å². The average molecular weight is 347 g/mol. The van der Waals surface area contributed by atoms with Gasteiger partial charge in [-0.2, -0.15) is 0 Å². The highest BCUT2D eigenvalue weighted by molar-refractivity contribution is 7.09. The zero-order valence-corrected chi connectivity index (χ0v) is 14.7. The summed E-state index contributed by atoms with van der Waals surface area (Å²) in [5.41, 5.74) is 1.03. The third kappa shape index (κ3) is 3.84. The van der Waals surface area contributed by atoms with Gasteiger partial charge in [-0.3, -0.25) is 9.59 Å². The number of thiazole rings is 1. The second-order valence-corrected chi connectivity index (χ2v) is 6.98. The first-order chi connectivity index (χ1) is 11.5. The quantitative estimate of drug-likeness (QED) is 0.923. The molecule has 128 valence electrons. The molecule has 1 atom stereocenters. The maximum absolute atomic E-state index is 12.7. The fourth-order valence-corrected chi connectivity index (χ4v) is 3.80. The molecule has 0 spiro atoms. The summed E-state index contributed by atoms with van der Waals surface area (Å²) < 4.78 is 5.58. The number of furan rings is 1. The summed E-state index contributed by atoms with van der Waals surface area (Å²) in [5, 5.41) is 5.82. The standard InChI is InChI=1S/C17H21N3O3S/c1-11-10-24-16(19-11)13-4-3-7-20(9-13)17(22)15-6-5-14(23-15)8-18-12(2)21/h5-6,10,13H,3-4,7-9H2,1-2H3,(H,18,21)/t13-/m0/s1. The molecule has 2 aromatic heterocycles. The van der Waals surface area contributed by atoms with Crippen LogP contribution in [0.25, 0.3) is 0 Å². The first kappa shape index (κ1) is 16.7. The number of carbonyl (C=O) groups is 2. The molecule has 24 heavy (non-hydrogen) atoms. The molecule has 1 fully saturated rings. The lowest BCUT2D eigenvalue weighted by Gasteiger charge is -2.31. The molecule has 2 amide bonds. The van der Waals surface area contributed by atoms with Crippen LogP contribution < -0.4 is 5.32 Å². The van der Waals surface area contributed by atoms with Crippen molar-refractivity contribution in [2.45, 2.75) is 39.2 Å². The Balaban J connectivity index is 1.65. The van der Waals surface area contributed by atoms with Crippen molar-refractivity contribution in [3.63, 3.8) is 0 Å². The van der Waals surface area contributed by atoms with E-state index in [9.17, 15) is 9.59 Å². The predicted molar refractivity (Wildman–Crippen MR) is 91.0 cm³/mol. The lowest BCUT2D eigenvalue weighted by atomic mass is 9.98. The molecular weight excluding hydrogens is 326 g/mol. The van der Waals surface area contributed by atoms with Crippen molar-refractivity contribution >= 4 is 23.2 Å². The zero-order valence-electron chi connectivity index (χ0n) is 13.9. The molecule has 0 aromatic carbocycles. The second kappa shape index (κ2) is 7.17. The van der Waals surface area contributed by atoms with Gasteiger partial charge in [-0.15, -0.1) is 11.3 Å². The predicted octanol–water partition coefficient (Wildman–Crippen LogP) is 2.70. The largest absolute Gasteiger partial charge is 0.454 e. The SMILES string of the molecule is CC(=O)NCc1ccc(C(=O)N2CCC[C@H](c3nc(C)cs3)C2)o1. The van der Waals surface area contributed by atoms with Crippen molar-refractivity contribution in [1.29, 1.82) is 0 Å². The Morgan fingerprint density at radius 1 is 1.46 bits per heavy atom. The van der Waals surface area contributed by atoms with E-state index < -0.39 is 0 Å². The summed E-state index contributed by atoms with van der Waals surface area (Å²) in [6, 6.07) is 3.41. The molecule has 3 rings (SSSR count). The van der Waals surface area contributed by atoms with Crippen LogP contribution in [0.2, 0.25) is 0 Å². The second-order valence-electron chi connectivity index (χ2n) is 6.09. The van der Waals surface area contributed by atoms with Crippen molar-refractivity contribution in [3.8, 4) is 0 Å². The summed E-state index contributed by atoms with van der Waals surface area (Å²) >= 11 is 1.67. The van der Waals surface area contributed by atoms with Gasteiger partial charge in [0.05, 0.1) is 11.6 Å². The summed E-state index contributed by atoms with van der Waals surface area (Å²) in [5.74, 6) is 0.984. The molecule has 0 unspecified atom stereocenters. The van der Waals surface area contributed by atoms with Crippen LogP contribution in [0.1, 0.15) is 52.7 Å². The van der Waals surface area contributed by atoms with Crippen LogP contribution >= 0.6 is 11.3 Å². The van der Waals surface area contributed by atoms with Gasteiger partial charge in [-0.05, 0) is 31.9 Å². The van der Waals surface area contributed by atoms with E-state index in [2.05, 4.69) is 15.7 Å². The van der Waals surface area contributed by atoms with Crippen molar-refractivity contribution < 1.29 is 14.0 Å². The number of piperidine rings is 1. The van der Waals surface area contributed by atoms with E-state index in [0.717, 1.165) is 30.1 Å². The number of aromatic nitrogens is 1. The number of aryl methyl sites for hydroxylation is 1. The normalized spacial score (nSPS) is 17.8. The van der Waals surface area contributed by atoms with Crippen molar-refractivity contribution in [2.24, 2.45) is 0 Å². The van der Waals surface area contributed by atoms with Crippen LogP contribution in [0.4, 0.5) is 0 Å². The van der Waals surface area contributed by atoms with Crippen molar-refractivity contribution in [1.82, 2.24) is 15.2 Å². The van der Waals surface area contributed by atoms with Crippen LogP contribution in [0.3, 0.4) is 0 Å². The third-order valence-electron chi connectivity index (χ3n) is 4.08. The summed E-state index contributed by atoms with van der Waals surface area (Å²) in [6.45, 7) is 5.15. The number of likely N-dealkylation sites (tertiary alicyclic amines) is 1. The van der Waals surface area contributed by atoms with Gasteiger partial charge in [0.2, 0.25) is 5.91 Å². The number of amides is 2. The molecule has 1 aliphatic heterocycles. The number of nitrogens with one attached hydrogen (secondary N) is 1. The molecule has 0 radical (unpaired) electrons. The molecule has 6 nitrogen and oxygen atoms in total. The van der Waals surface area contributed by atoms with Crippen LogP contribution in [0.5, 0.6) is 0 Å². The molecule has 0 aliphatic carbocycles. The molecule has 7 heteroatoms. The topological polar surface area (TPSA) is 75.4 Å². The first-order valence-electron chi connectivity index (χ1n) is 8.07. The van der Waals surface area contributed by atoms with E-state index in [1.165, 1.54) is 6.92 Å². The number of nitrogens with zero attached hydrogens (tertiary/aromatic N) is 2. The molecule has 1 N–H and O–H groups in total. The van der Waals surface area contributed by atoms with E-state index in [-0.39, 0.29) is 11.8 Å². The maximum Gasteiger partial charge on any atom is 0.289 e. The molecule has 3 heterocycles. The molecule has 0 saturated carbocycles. The Morgan fingerprint density at radius 3 is 3.00 bits per heavy atom. The Morgan fingerprint density at radius 2 is 2.29 bits per heavy atom. The van der Waals surface area contributed by atoms with Crippen molar-refractivity contribution in [2.75, 3.05) is 13.1 Å². The molecule has 1 saturated heterocycles. The zero-order chi connectivity index (χ0) is 17.1. The molecule has 2 aromatic rings. The summed E-state index contributed by atoms with van der Waals surface area (Å²) in [6.07, 6.45) is 2.02. The monoisotopic (exact) mass is 347 g/mol. The Labute approximate surface area is 144 Å². The minimum absolute atomic E-state index is 0.0953. The fraction of sp³-hybridized carbons (Fsp3) is 0.471. The van der Waals surface area contributed by atoms with E-state index >= 15 is 0 Å². The lowest BCUT2D eigenvalue weighted by Crippen LogP contribution is -2.39. The minimum Gasteiger partial charge on any atom is -0.454 e. The Bertz CT molecular complexity index is 737. The van der Waals surface area contributed by atoms with E-state index in [1.54, 1.807) is 23.5 Å². The highest BCUT2D eigenvalue weighted by Gasteiger charge is 2.28. The Hall–Kier alpha value is -2.15. The van der Waals surface area contributed by atoms with Crippen LogP contribution in [0.15, 0.2) is 21.9 Å². The first-order valence-corrected chi connectivity index (χ1v) is 8.95. The lowest BCUT2D eigenvalue weighted by molar-refractivity contribution is -0.119. The van der Waals surface area contributed by atoms with Gasteiger partial charge in [0.1, 0.15) is 5.76 Å².